The van der Waals surface area contributed by atoms with E-state index in [4.69, 9.17) is 11.5 Å². The van der Waals surface area contributed by atoms with Crippen LogP contribution in [0.3, 0.4) is 0 Å². The largest absolute Gasteiger partial charge is 0.480 e. The van der Waals surface area contributed by atoms with Crippen molar-refractivity contribution in [3.63, 3.8) is 0 Å². The van der Waals surface area contributed by atoms with E-state index in [0.29, 0.717) is 25.1 Å². The first-order valence-electron chi connectivity index (χ1n) is 14.9. The third kappa shape index (κ3) is 9.49. The summed E-state index contributed by atoms with van der Waals surface area (Å²) in [6.07, 6.45) is 6.49. The number of aliphatic carboxylic acids is 1. The van der Waals surface area contributed by atoms with E-state index >= 15 is 0 Å². The summed E-state index contributed by atoms with van der Waals surface area (Å²) in [4.78, 5) is 62.6. The zero-order valence-corrected chi connectivity index (χ0v) is 24.9. The fourth-order valence-corrected chi connectivity index (χ4v) is 5.09. The quantitative estimate of drug-likeness (QED) is 0.0795. The minimum absolute atomic E-state index is 0.0715. The molecule has 2 aromatic heterocycles. The monoisotopic (exact) mass is 616 g/mol. The number of amides is 3. The number of imidazole rings is 1. The van der Waals surface area contributed by atoms with Crippen molar-refractivity contribution in [2.24, 2.45) is 11.5 Å². The van der Waals surface area contributed by atoms with E-state index in [1.807, 2.05) is 54.6 Å². The minimum Gasteiger partial charge on any atom is -0.480 e. The number of unbranched alkanes of at least 4 members (excludes halogenated alkanes) is 1. The first-order valence-corrected chi connectivity index (χ1v) is 14.9. The van der Waals surface area contributed by atoms with E-state index in [1.165, 1.54) is 6.33 Å². The van der Waals surface area contributed by atoms with Gasteiger partial charge in [0.1, 0.15) is 18.1 Å². The molecular formula is C32H40N8O5. The second-order valence-electron chi connectivity index (χ2n) is 10.9. The van der Waals surface area contributed by atoms with Gasteiger partial charge >= 0.3 is 5.97 Å². The third-order valence-electron chi connectivity index (χ3n) is 7.54. The molecule has 4 atom stereocenters. The van der Waals surface area contributed by atoms with Gasteiger partial charge in [0.25, 0.3) is 0 Å². The number of aromatic amines is 2. The average molecular weight is 617 g/mol. The summed E-state index contributed by atoms with van der Waals surface area (Å²) in [5, 5.41) is 18.8. The molecule has 4 aromatic rings. The molecule has 4 unspecified atom stereocenters. The second-order valence-corrected chi connectivity index (χ2v) is 10.9. The Bertz CT molecular complexity index is 1560. The Morgan fingerprint density at radius 3 is 2.16 bits per heavy atom. The number of carbonyl (C=O) groups excluding carboxylic acids is 3. The number of hydrogen-bond donors (Lipinski definition) is 8. The van der Waals surface area contributed by atoms with Crippen molar-refractivity contribution >= 4 is 34.6 Å². The number of nitrogens with two attached hydrogens (primary N) is 2. The highest BCUT2D eigenvalue weighted by atomic mass is 16.4. The van der Waals surface area contributed by atoms with Gasteiger partial charge in [-0.05, 0) is 43.0 Å². The molecule has 0 saturated heterocycles. The Morgan fingerprint density at radius 1 is 0.800 bits per heavy atom. The summed E-state index contributed by atoms with van der Waals surface area (Å²) >= 11 is 0. The third-order valence-corrected chi connectivity index (χ3v) is 7.54. The van der Waals surface area contributed by atoms with Crippen molar-refractivity contribution in [3.05, 3.63) is 90.1 Å². The topological polar surface area (TPSA) is 221 Å². The van der Waals surface area contributed by atoms with Gasteiger partial charge in [-0.25, -0.2) is 9.78 Å². The van der Waals surface area contributed by atoms with Crippen LogP contribution in [0.15, 0.2) is 73.3 Å². The van der Waals surface area contributed by atoms with Crippen LogP contribution in [-0.4, -0.2) is 74.5 Å². The number of carboxylic acids is 1. The zero-order chi connectivity index (χ0) is 32.2. The van der Waals surface area contributed by atoms with Crippen molar-refractivity contribution in [1.29, 1.82) is 0 Å². The normalized spacial score (nSPS) is 13.8. The Labute approximate surface area is 260 Å². The molecule has 0 saturated carbocycles. The molecule has 0 bridgehead atoms. The van der Waals surface area contributed by atoms with Gasteiger partial charge in [0.2, 0.25) is 17.7 Å². The van der Waals surface area contributed by atoms with Crippen LogP contribution in [-0.2, 0) is 38.4 Å². The summed E-state index contributed by atoms with van der Waals surface area (Å²) in [7, 11) is 0. The number of nitrogens with zero attached hydrogens (tertiary/aromatic N) is 1. The Balaban J connectivity index is 1.57. The van der Waals surface area contributed by atoms with Gasteiger partial charge in [0.05, 0.1) is 12.4 Å². The number of H-pyrrole nitrogens is 2. The van der Waals surface area contributed by atoms with Crippen LogP contribution in [0.4, 0.5) is 0 Å². The highest BCUT2D eigenvalue weighted by molar-refractivity contribution is 5.95. The highest BCUT2D eigenvalue weighted by Crippen LogP contribution is 2.19. The summed E-state index contributed by atoms with van der Waals surface area (Å²) < 4.78 is 0. The van der Waals surface area contributed by atoms with Crippen LogP contribution in [0.25, 0.3) is 10.9 Å². The second kappa shape index (κ2) is 16.2. The van der Waals surface area contributed by atoms with E-state index in [9.17, 15) is 24.3 Å². The molecule has 13 heteroatoms. The van der Waals surface area contributed by atoms with Crippen LogP contribution in [0.5, 0.6) is 0 Å². The van der Waals surface area contributed by atoms with Crippen LogP contribution < -0.4 is 27.4 Å². The summed E-state index contributed by atoms with van der Waals surface area (Å²) in [6, 6.07) is 12.3. The summed E-state index contributed by atoms with van der Waals surface area (Å²) in [6.45, 7) is 0.402. The van der Waals surface area contributed by atoms with Gasteiger partial charge in [-0.2, -0.15) is 0 Å². The van der Waals surface area contributed by atoms with Crippen molar-refractivity contribution < 1.29 is 24.3 Å². The van der Waals surface area contributed by atoms with E-state index in [-0.39, 0.29) is 25.7 Å². The number of rotatable bonds is 17. The molecule has 238 valence electrons. The zero-order valence-electron chi connectivity index (χ0n) is 24.9. The first kappa shape index (κ1) is 32.9. The average Bonchev–Trinajstić information content (AvgIpc) is 3.70. The lowest BCUT2D eigenvalue weighted by molar-refractivity contribution is -0.142. The molecular weight excluding hydrogens is 576 g/mol. The minimum atomic E-state index is -1.18. The van der Waals surface area contributed by atoms with Crippen LogP contribution in [0, 0.1) is 0 Å². The molecule has 4 rings (SSSR count). The number of carbonyl (C=O) groups is 4. The molecule has 0 aliphatic rings. The Hall–Kier alpha value is -5.01. The van der Waals surface area contributed by atoms with Crippen LogP contribution >= 0.6 is 0 Å². The number of hydrogen-bond acceptors (Lipinski definition) is 7. The maximum absolute atomic E-state index is 13.9. The fraction of sp³-hybridized carbons (Fsp3) is 0.344. The van der Waals surface area contributed by atoms with Gasteiger partial charge in [-0.3, -0.25) is 14.4 Å². The molecule has 13 nitrogen and oxygen atoms in total. The molecule has 0 spiro atoms. The Morgan fingerprint density at radius 2 is 1.47 bits per heavy atom. The SMILES string of the molecule is NCCCCC(NC(=O)C(Cc1c[nH]c2ccccc12)NC(=O)C(Cc1ccccc1)NC(=O)C(N)Cc1cnc[nH]1)C(=O)O. The van der Waals surface area contributed by atoms with Gasteiger partial charge in [0, 0.05) is 48.3 Å². The van der Waals surface area contributed by atoms with Crippen molar-refractivity contribution in [2.45, 2.75) is 62.7 Å². The molecule has 45 heavy (non-hydrogen) atoms. The van der Waals surface area contributed by atoms with Gasteiger partial charge in [-0.15, -0.1) is 0 Å². The van der Waals surface area contributed by atoms with E-state index in [1.54, 1.807) is 12.4 Å². The number of fused-ring (bicyclic) bond motifs is 1. The molecule has 2 heterocycles. The van der Waals surface area contributed by atoms with Crippen LogP contribution in [0.1, 0.15) is 36.1 Å². The first-order chi connectivity index (χ1) is 21.7. The predicted molar refractivity (Wildman–Crippen MR) is 169 cm³/mol. The number of benzene rings is 2. The van der Waals surface area contributed by atoms with Gasteiger partial charge in [-0.1, -0.05) is 48.5 Å². The molecule has 0 aliphatic carbocycles. The van der Waals surface area contributed by atoms with E-state index in [0.717, 1.165) is 22.0 Å². The fourth-order valence-electron chi connectivity index (χ4n) is 5.09. The summed E-state index contributed by atoms with van der Waals surface area (Å²) in [5.41, 5.74) is 14.8. The summed E-state index contributed by atoms with van der Waals surface area (Å²) in [5.74, 6) is -3.01. The Kier molecular flexibility index (Phi) is 11.8. The molecule has 0 aliphatic heterocycles. The van der Waals surface area contributed by atoms with Gasteiger partial charge in [0.15, 0.2) is 0 Å². The maximum atomic E-state index is 13.9. The molecule has 0 fully saturated rings. The lowest BCUT2D eigenvalue weighted by Gasteiger charge is -2.25. The number of para-hydroxylation sites is 1. The predicted octanol–water partition coefficient (Wildman–Crippen LogP) is 0.914. The molecule has 0 radical (unpaired) electrons. The number of nitrogens with one attached hydrogen (secondary N) is 5. The van der Waals surface area contributed by atoms with Crippen molar-refractivity contribution in [2.75, 3.05) is 6.54 Å². The highest BCUT2D eigenvalue weighted by Gasteiger charge is 2.31. The molecule has 10 N–H and O–H groups in total. The van der Waals surface area contributed by atoms with Crippen molar-refractivity contribution in [3.8, 4) is 0 Å². The molecule has 3 amide bonds. The standard InChI is InChI=1S/C32H40N8O5/c33-13-7-6-12-26(32(44)45)38-31(43)28(15-21-17-36-25-11-5-4-10-23(21)25)40-30(42)27(14-20-8-2-1-3-9-20)39-29(41)24(34)16-22-18-35-19-37-22/h1-5,8-11,17-19,24,26-28,36H,6-7,12-16,33-34H2,(H,35,37)(H,38,43)(H,39,41)(H,40,42)(H,44,45). The van der Waals surface area contributed by atoms with Crippen LogP contribution in [0.2, 0.25) is 0 Å². The van der Waals surface area contributed by atoms with Crippen molar-refractivity contribution in [1.82, 2.24) is 30.9 Å². The lowest BCUT2D eigenvalue weighted by atomic mass is 10.0. The number of carboxylic acid groups (broad SMARTS) is 1. The van der Waals surface area contributed by atoms with E-state index < -0.39 is 47.9 Å². The lowest BCUT2D eigenvalue weighted by Crippen LogP contribution is -2.58. The molecule has 2 aromatic carbocycles. The van der Waals surface area contributed by atoms with E-state index in [2.05, 4.69) is 30.9 Å². The van der Waals surface area contributed by atoms with Gasteiger partial charge < -0.3 is 42.5 Å². The maximum Gasteiger partial charge on any atom is 0.326 e. The smallest absolute Gasteiger partial charge is 0.326 e. The number of aromatic nitrogens is 3.